The monoisotopic (exact) mass is 402 g/mol. The van der Waals surface area contributed by atoms with Crippen LogP contribution in [0.3, 0.4) is 0 Å². The molecule has 156 valence electrons. The number of carbonyl (C=O) groups is 1. The molecule has 2 fully saturated rings. The number of ketones is 1. The first kappa shape index (κ1) is 19.6. The van der Waals surface area contributed by atoms with Crippen molar-refractivity contribution in [3.63, 3.8) is 0 Å². The zero-order valence-corrected chi connectivity index (χ0v) is 17.7. The zero-order chi connectivity index (χ0) is 21.1. The molecule has 30 heavy (non-hydrogen) atoms. The van der Waals surface area contributed by atoms with Crippen LogP contribution in [-0.4, -0.2) is 21.6 Å². The Morgan fingerprint density at radius 1 is 1.17 bits per heavy atom. The zero-order valence-electron chi connectivity index (χ0n) is 17.7. The molecule has 0 unspecified atom stereocenters. The lowest BCUT2D eigenvalue weighted by Crippen LogP contribution is -2.52. The number of terminal acetylenes is 1. The predicted octanol–water partition coefficient (Wildman–Crippen LogP) is 5.05. The SMILES string of the molecule is C#C[C@]1(O)CC[C@H]2[C@@H]3CCC4=CC(=O)CCC4=C3[C@@H](c3ccc(O)cc3)C[C@@]21CC. The molecule has 0 bridgehead atoms. The predicted molar refractivity (Wildman–Crippen MR) is 117 cm³/mol. The molecule has 4 aliphatic carbocycles. The van der Waals surface area contributed by atoms with E-state index in [4.69, 9.17) is 6.42 Å². The first-order valence-electron chi connectivity index (χ1n) is 11.4. The molecule has 0 aliphatic heterocycles. The molecule has 0 spiro atoms. The Morgan fingerprint density at radius 2 is 1.93 bits per heavy atom. The highest BCUT2D eigenvalue weighted by Gasteiger charge is 2.63. The Morgan fingerprint density at radius 3 is 2.63 bits per heavy atom. The number of aromatic hydroxyl groups is 1. The molecule has 2 N–H and O–H groups in total. The lowest BCUT2D eigenvalue weighted by atomic mass is 9.50. The van der Waals surface area contributed by atoms with Gasteiger partial charge < -0.3 is 10.2 Å². The van der Waals surface area contributed by atoms with E-state index in [2.05, 4.69) is 12.8 Å². The van der Waals surface area contributed by atoms with Crippen LogP contribution in [-0.2, 0) is 4.79 Å². The first-order valence-corrected chi connectivity index (χ1v) is 11.4. The topological polar surface area (TPSA) is 57.5 Å². The number of phenols is 1. The van der Waals surface area contributed by atoms with Crippen LogP contribution in [0.15, 0.2) is 47.1 Å². The van der Waals surface area contributed by atoms with Gasteiger partial charge in [0.2, 0.25) is 0 Å². The molecular formula is C27H30O3. The molecule has 0 amide bonds. The average Bonchev–Trinajstić information content (AvgIpc) is 3.06. The van der Waals surface area contributed by atoms with Gasteiger partial charge in [0.05, 0.1) is 0 Å². The van der Waals surface area contributed by atoms with Gasteiger partial charge in [-0.3, -0.25) is 4.79 Å². The number of fused-ring (bicyclic) bond motifs is 4. The molecule has 5 rings (SSSR count). The number of benzene rings is 1. The van der Waals surface area contributed by atoms with Crippen molar-refractivity contribution in [3.8, 4) is 18.1 Å². The van der Waals surface area contributed by atoms with E-state index >= 15 is 0 Å². The van der Waals surface area contributed by atoms with Crippen LogP contribution in [0, 0.1) is 29.6 Å². The standard InChI is InChI=1S/C27H30O3/c1-3-26-16-23(17-5-8-19(28)9-6-17)25-21-12-10-20(29)15-18(21)7-11-22(25)24(26)13-14-27(26,30)4-2/h2,5-6,8-9,15,22-24,28,30H,3,7,10-14,16H2,1H3/t22-,23+,24-,26-,27-/m0/s1. The van der Waals surface area contributed by atoms with Crippen molar-refractivity contribution >= 4 is 5.78 Å². The third kappa shape index (κ3) is 2.59. The summed E-state index contributed by atoms with van der Waals surface area (Å²) in [6.45, 7) is 2.18. The van der Waals surface area contributed by atoms with Crippen LogP contribution in [0.4, 0.5) is 0 Å². The largest absolute Gasteiger partial charge is 0.508 e. The number of hydrogen-bond acceptors (Lipinski definition) is 3. The van der Waals surface area contributed by atoms with Crippen LogP contribution in [0.2, 0.25) is 0 Å². The number of carbonyl (C=O) groups excluding carboxylic acids is 1. The fraction of sp³-hybridized carbons (Fsp3) is 0.519. The van der Waals surface area contributed by atoms with Crippen molar-refractivity contribution in [1.29, 1.82) is 0 Å². The lowest BCUT2D eigenvalue weighted by molar-refractivity contribution is -0.114. The van der Waals surface area contributed by atoms with Gasteiger partial charge >= 0.3 is 0 Å². The van der Waals surface area contributed by atoms with Gasteiger partial charge in [-0.15, -0.1) is 6.42 Å². The second-order valence-electron chi connectivity index (χ2n) is 9.72. The summed E-state index contributed by atoms with van der Waals surface area (Å²) in [7, 11) is 0. The molecular weight excluding hydrogens is 372 g/mol. The van der Waals surface area contributed by atoms with Crippen molar-refractivity contribution in [3.05, 3.63) is 52.6 Å². The number of hydrogen-bond donors (Lipinski definition) is 2. The number of rotatable bonds is 2. The van der Waals surface area contributed by atoms with E-state index in [9.17, 15) is 15.0 Å². The lowest BCUT2D eigenvalue weighted by Gasteiger charge is -2.55. The molecule has 1 aromatic carbocycles. The minimum absolute atomic E-state index is 0.164. The fourth-order valence-electron chi connectivity index (χ4n) is 7.39. The molecule has 0 heterocycles. The molecule has 3 heteroatoms. The molecule has 5 atom stereocenters. The van der Waals surface area contributed by atoms with Crippen LogP contribution in [0.1, 0.15) is 69.8 Å². The van der Waals surface area contributed by atoms with Crippen LogP contribution in [0.25, 0.3) is 0 Å². The second-order valence-corrected chi connectivity index (χ2v) is 9.72. The van der Waals surface area contributed by atoms with E-state index in [0.29, 0.717) is 24.7 Å². The van der Waals surface area contributed by atoms with Gasteiger partial charge in [0.15, 0.2) is 5.78 Å². The van der Waals surface area contributed by atoms with Crippen LogP contribution >= 0.6 is 0 Å². The van der Waals surface area contributed by atoms with Gasteiger partial charge in [-0.1, -0.05) is 30.6 Å². The average molecular weight is 403 g/mol. The maximum absolute atomic E-state index is 12.1. The quantitative estimate of drug-likeness (QED) is 0.681. The van der Waals surface area contributed by atoms with E-state index in [-0.39, 0.29) is 22.9 Å². The Labute approximate surface area is 178 Å². The summed E-state index contributed by atoms with van der Waals surface area (Å²) in [5.41, 5.74) is 3.94. The second kappa shape index (κ2) is 6.86. The smallest absolute Gasteiger partial charge is 0.156 e. The van der Waals surface area contributed by atoms with Crippen molar-refractivity contribution in [1.82, 2.24) is 0 Å². The highest BCUT2D eigenvalue weighted by Crippen LogP contribution is 2.67. The number of allylic oxidation sites excluding steroid dienone is 4. The maximum Gasteiger partial charge on any atom is 0.156 e. The van der Waals surface area contributed by atoms with E-state index in [1.54, 1.807) is 12.1 Å². The maximum atomic E-state index is 12.1. The van der Waals surface area contributed by atoms with Gasteiger partial charge in [0.1, 0.15) is 11.4 Å². The summed E-state index contributed by atoms with van der Waals surface area (Å²) in [5, 5.41) is 21.4. The molecule has 2 saturated carbocycles. The highest BCUT2D eigenvalue weighted by atomic mass is 16.3. The van der Waals surface area contributed by atoms with Crippen molar-refractivity contribution < 1.29 is 15.0 Å². The van der Waals surface area contributed by atoms with Crippen molar-refractivity contribution in [2.75, 3.05) is 0 Å². The van der Waals surface area contributed by atoms with E-state index < -0.39 is 5.60 Å². The molecule has 0 saturated heterocycles. The Kier molecular flexibility index (Phi) is 4.49. The van der Waals surface area contributed by atoms with Gasteiger partial charge in [-0.05, 0) is 91.7 Å². The van der Waals surface area contributed by atoms with Crippen molar-refractivity contribution in [2.45, 2.75) is 69.8 Å². The number of aliphatic hydroxyl groups is 1. The van der Waals surface area contributed by atoms with Crippen LogP contribution in [0.5, 0.6) is 5.75 Å². The van der Waals surface area contributed by atoms with E-state index in [1.165, 1.54) is 22.3 Å². The third-order valence-electron chi connectivity index (χ3n) is 8.76. The Bertz CT molecular complexity index is 992. The third-order valence-corrected chi connectivity index (χ3v) is 8.76. The van der Waals surface area contributed by atoms with Gasteiger partial charge in [0.25, 0.3) is 0 Å². The van der Waals surface area contributed by atoms with Crippen LogP contribution < -0.4 is 0 Å². The number of phenolic OH excluding ortho intramolecular Hbond substituents is 1. The molecule has 1 aromatic rings. The van der Waals surface area contributed by atoms with Crippen molar-refractivity contribution in [2.24, 2.45) is 17.3 Å². The summed E-state index contributed by atoms with van der Waals surface area (Å²) < 4.78 is 0. The highest BCUT2D eigenvalue weighted by molar-refractivity contribution is 5.93. The normalized spacial score (nSPS) is 37.7. The summed E-state index contributed by atoms with van der Waals surface area (Å²) in [6, 6.07) is 7.55. The summed E-state index contributed by atoms with van der Waals surface area (Å²) in [6.07, 6.45) is 14.6. The summed E-state index contributed by atoms with van der Waals surface area (Å²) in [4.78, 5) is 12.1. The molecule has 3 nitrogen and oxygen atoms in total. The van der Waals surface area contributed by atoms with Gasteiger partial charge in [-0.2, -0.15) is 0 Å². The van der Waals surface area contributed by atoms with Gasteiger partial charge in [-0.25, -0.2) is 0 Å². The van der Waals surface area contributed by atoms with E-state index in [0.717, 1.165) is 38.5 Å². The minimum Gasteiger partial charge on any atom is -0.508 e. The minimum atomic E-state index is -1.06. The summed E-state index contributed by atoms with van der Waals surface area (Å²) in [5.74, 6) is 4.28. The Balaban J connectivity index is 1.72. The fourth-order valence-corrected chi connectivity index (χ4v) is 7.39. The molecule has 0 radical (unpaired) electrons. The Hall–Kier alpha value is -2.31. The first-order chi connectivity index (χ1) is 14.4. The molecule has 4 aliphatic rings. The molecule has 0 aromatic heterocycles. The van der Waals surface area contributed by atoms with Gasteiger partial charge in [0, 0.05) is 17.8 Å². The van der Waals surface area contributed by atoms with E-state index in [1.807, 2.05) is 18.2 Å². The summed E-state index contributed by atoms with van der Waals surface area (Å²) >= 11 is 0.